The van der Waals surface area contributed by atoms with Gasteiger partial charge in [0.15, 0.2) is 5.78 Å². The molecule has 0 bridgehead atoms. The maximum Gasteiger partial charge on any atom is 0.159 e. The van der Waals surface area contributed by atoms with Crippen LogP contribution in [0.4, 0.5) is 8.78 Å². The highest BCUT2D eigenvalue weighted by molar-refractivity contribution is 9.10. The van der Waals surface area contributed by atoms with Gasteiger partial charge >= 0.3 is 0 Å². The summed E-state index contributed by atoms with van der Waals surface area (Å²) in [7, 11) is 0. The summed E-state index contributed by atoms with van der Waals surface area (Å²) < 4.78 is 28.1. The molecular weight excluding hydrogens is 302 g/mol. The Kier molecular flexibility index (Phi) is 3.57. The molecule has 0 aliphatic carbocycles. The van der Waals surface area contributed by atoms with Gasteiger partial charge in [0, 0.05) is 21.2 Å². The fourth-order valence-corrected chi connectivity index (χ4v) is 2.02. The molecule has 92 valence electrons. The first-order valence-electron chi connectivity index (χ1n) is 5.25. The van der Waals surface area contributed by atoms with E-state index < -0.39 is 11.6 Å². The number of benzene rings is 2. The number of carbonyl (C=O) groups excluding carboxylic acids is 1. The van der Waals surface area contributed by atoms with Crippen molar-refractivity contribution in [2.45, 2.75) is 6.92 Å². The second-order valence-electron chi connectivity index (χ2n) is 3.87. The lowest BCUT2D eigenvalue weighted by atomic mass is 10.0. The quantitative estimate of drug-likeness (QED) is 0.741. The summed E-state index contributed by atoms with van der Waals surface area (Å²) in [5.74, 6) is -1.28. The zero-order valence-corrected chi connectivity index (χ0v) is 11.1. The second-order valence-corrected chi connectivity index (χ2v) is 4.79. The van der Waals surface area contributed by atoms with Gasteiger partial charge in [-0.05, 0) is 43.3 Å². The lowest BCUT2D eigenvalue weighted by Crippen LogP contribution is -1.96. The van der Waals surface area contributed by atoms with Crippen molar-refractivity contribution >= 4 is 21.7 Å². The van der Waals surface area contributed by atoms with Crippen LogP contribution in [0.1, 0.15) is 17.3 Å². The number of hydrogen-bond donors (Lipinski definition) is 0. The number of Topliss-reactive ketones (excluding diaryl/α,β-unsaturated/α-hetero) is 1. The van der Waals surface area contributed by atoms with Gasteiger partial charge in [0.25, 0.3) is 0 Å². The molecule has 18 heavy (non-hydrogen) atoms. The lowest BCUT2D eigenvalue weighted by Gasteiger charge is -2.07. The Morgan fingerprint density at radius 1 is 1.00 bits per heavy atom. The van der Waals surface area contributed by atoms with Gasteiger partial charge in [-0.25, -0.2) is 8.78 Å². The Labute approximate surface area is 112 Å². The molecule has 0 atom stereocenters. The summed E-state index contributed by atoms with van der Waals surface area (Å²) in [5, 5.41) is 0. The summed E-state index contributed by atoms with van der Waals surface area (Å²) in [6.45, 7) is 1.38. The van der Waals surface area contributed by atoms with Crippen LogP contribution >= 0.6 is 15.9 Å². The van der Waals surface area contributed by atoms with Gasteiger partial charge < -0.3 is 0 Å². The summed E-state index contributed by atoms with van der Waals surface area (Å²) in [6, 6.07) is 8.19. The van der Waals surface area contributed by atoms with E-state index in [1.165, 1.54) is 43.3 Å². The van der Waals surface area contributed by atoms with Gasteiger partial charge in [-0.1, -0.05) is 15.9 Å². The Morgan fingerprint density at radius 3 is 2.17 bits per heavy atom. The SMILES string of the molecule is CC(=O)c1ccc(F)c(-c2cc(Br)ccc2F)c1. The molecule has 4 heteroatoms. The summed E-state index contributed by atoms with van der Waals surface area (Å²) in [5.41, 5.74) is 0.567. The zero-order chi connectivity index (χ0) is 13.3. The molecule has 0 amide bonds. The lowest BCUT2D eigenvalue weighted by molar-refractivity contribution is 0.101. The van der Waals surface area contributed by atoms with Crippen LogP contribution in [0.25, 0.3) is 11.1 Å². The van der Waals surface area contributed by atoms with Crippen LogP contribution in [0.2, 0.25) is 0 Å². The highest BCUT2D eigenvalue weighted by Gasteiger charge is 2.12. The van der Waals surface area contributed by atoms with Crippen molar-refractivity contribution in [3.63, 3.8) is 0 Å². The molecule has 0 N–H and O–H groups in total. The normalized spacial score (nSPS) is 10.4. The molecule has 2 aromatic carbocycles. The summed E-state index contributed by atoms with van der Waals surface area (Å²) >= 11 is 3.21. The third kappa shape index (κ3) is 2.48. The van der Waals surface area contributed by atoms with E-state index in [4.69, 9.17) is 0 Å². The van der Waals surface area contributed by atoms with Crippen LogP contribution in [-0.2, 0) is 0 Å². The molecular formula is C14H9BrF2O. The van der Waals surface area contributed by atoms with Gasteiger partial charge in [-0.15, -0.1) is 0 Å². The van der Waals surface area contributed by atoms with Gasteiger partial charge in [0.2, 0.25) is 0 Å². The standard InChI is InChI=1S/C14H9BrF2O/c1-8(18)9-2-4-13(16)11(6-9)12-7-10(15)3-5-14(12)17/h2-7H,1H3. The maximum absolute atomic E-state index is 13.7. The number of hydrogen-bond acceptors (Lipinski definition) is 1. The second kappa shape index (κ2) is 4.98. The molecule has 0 heterocycles. The van der Waals surface area contributed by atoms with Gasteiger partial charge in [-0.2, -0.15) is 0 Å². The Bertz CT molecular complexity index is 623. The number of halogens is 3. The Morgan fingerprint density at radius 2 is 1.56 bits per heavy atom. The van der Waals surface area contributed by atoms with E-state index in [-0.39, 0.29) is 16.9 Å². The first-order valence-corrected chi connectivity index (χ1v) is 6.04. The molecule has 0 aromatic heterocycles. The molecule has 2 rings (SSSR count). The van der Waals surface area contributed by atoms with E-state index >= 15 is 0 Å². The average molecular weight is 311 g/mol. The van der Waals surface area contributed by atoms with Crippen molar-refractivity contribution in [2.24, 2.45) is 0 Å². The predicted molar refractivity (Wildman–Crippen MR) is 69.5 cm³/mol. The van der Waals surface area contributed by atoms with Gasteiger partial charge in [0.1, 0.15) is 11.6 Å². The highest BCUT2D eigenvalue weighted by Crippen LogP contribution is 2.29. The van der Waals surface area contributed by atoms with E-state index in [0.29, 0.717) is 10.0 Å². The minimum absolute atomic E-state index is 0.0847. The maximum atomic E-state index is 13.7. The molecule has 0 saturated heterocycles. The van der Waals surface area contributed by atoms with E-state index in [0.717, 1.165) is 0 Å². The van der Waals surface area contributed by atoms with Crippen LogP contribution in [0.15, 0.2) is 40.9 Å². The molecule has 0 aliphatic heterocycles. The summed E-state index contributed by atoms with van der Waals surface area (Å²) in [6.07, 6.45) is 0. The van der Waals surface area contributed by atoms with Crippen molar-refractivity contribution in [1.82, 2.24) is 0 Å². The van der Waals surface area contributed by atoms with E-state index in [9.17, 15) is 13.6 Å². The van der Waals surface area contributed by atoms with Crippen molar-refractivity contribution in [2.75, 3.05) is 0 Å². The largest absolute Gasteiger partial charge is 0.295 e. The molecule has 0 radical (unpaired) electrons. The molecule has 0 saturated carbocycles. The van der Waals surface area contributed by atoms with Crippen LogP contribution in [0.5, 0.6) is 0 Å². The van der Waals surface area contributed by atoms with Crippen LogP contribution in [-0.4, -0.2) is 5.78 Å². The third-order valence-electron chi connectivity index (χ3n) is 2.59. The molecule has 0 spiro atoms. The zero-order valence-electron chi connectivity index (χ0n) is 9.51. The monoisotopic (exact) mass is 310 g/mol. The van der Waals surface area contributed by atoms with Crippen molar-refractivity contribution < 1.29 is 13.6 Å². The average Bonchev–Trinajstić information content (AvgIpc) is 2.33. The summed E-state index contributed by atoms with van der Waals surface area (Å²) in [4.78, 5) is 11.3. The molecule has 0 unspecified atom stereocenters. The van der Waals surface area contributed by atoms with E-state index in [1.807, 2.05) is 0 Å². The van der Waals surface area contributed by atoms with Crippen LogP contribution < -0.4 is 0 Å². The Balaban J connectivity index is 2.66. The molecule has 0 fully saturated rings. The smallest absolute Gasteiger partial charge is 0.159 e. The predicted octanol–water partition coefficient (Wildman–Crippen LogP) is 4.60. The van der Waals surface area contributed by atoms with Crippen molar-refractivity contribution in [1.29, 1.82) is 0 Å². The first kappa shape index (κ1) is 12.9. The molecule has 2 aromatic rings. The van der Waals surface area contributed by atoms with Crippen molar-refractivity contribution in [3.8, 4) is 11.1 Å². The van der Waals surface area contributed by atoms with E-state index in [1.54, 1.807) is 0 Å². The Hall–Kier alpha value is -1.55. The van der Waals surface area contributed by atoms with Crippen molar-refractivity contribution in [3.05, 3.63) is 58.1 Å². The number of ketones is 1. The first-order chi connectivity index (χ1) is 8.49. The topological polar surface area (TPSA) is 17.1 Å². The molecule has 0 aliphatic rings. The minimum Gasteiger partial charge on any atom is -0.295 e. The molecule has 1 nitrogen and oxygen atoms in total. The van der Waals surface area contributed by atoms with E-state index in [2.05, 4.69) is 15.9 Å². The van der Waals surface area contributed by atoms with Crippen LogP contribution in [0.3, 0.4) is 0 Å². The van der Waals surface area contributed by atoms with Crippen LogP contribution in [0, 0.1) is 11.6 Å². The number of carbonyl (C=O) groups is 1. The third-order valence-corrected chi connectivity index (χ3v) is 3.08. The number of rotatable bonds is 2. The fraction of sp³-hybridized carbons (Fsp3) is 0.0714. The van der Waals surface area contributed by atoms with Gasteiger partial charge in [-0.3, -0.25) is 4.79 Å². The minimum atomic E-state index is -0.558. The van der Waals surface area contributed by atoms with Gasteiger partial charge in [0.05, 0.1) is 0 Å². The fourth-order valence-electron chi connectivity index (χ4n) is 1.65. The highest BCUT2D eigenvalue weighted by atomic mass is 79.9.